The molecule has 1 atom stereocenters. The molecule has 0 aromatic rings. The molecule has 0 N–H and O–H groups in total. The molecule has 0 spiro atoms. The summed E-state index contributed by atoms with van der Waals surface area (Å²) in [5.74, 6) is 0.906. The lowest BCUT2D eigenvalue weighted by molar-refractivity contribution is 0.164. The summed E-state index contributed by atoms with van der Waals surface area (Å²) in [6.45, 7) is 14.0. The van der Waals surface area contributed by atoms with Crippen LogP contribution in [-0.2, 0) is 4.43 Å². The molecule has 0 aliphatic carbocycles. The van der Waals surface area contributed by atoms with Gasteiger partial charge in [-0.3, -0.25) is 0 Å². The molecule has 0 aromatic carbocycles. The van der Waals surface area contributed by atoms with Crippen molar-refractivity contribution in [2.45, 2.75) is 97.9 Å². The normalized spacial score (nSPS) is 14.2. The third-order valence-corrected chi connectivity index (χ3v) is 6.65. The van der Waals surface area contributed by atoms with Crippen LogP contribution in [-0.4, -0.2) is 14.4 Å². The third-order valence-electron chi connectivity index (χ3n) is 4.13. The topological polar surface area (TPSA) is 9.23 Å². The predicted molar refractivity (Wildman–Crippen MR) is 85.7 cm³/mol. The second-order valence-electron chi connectivity index (χ2n) is 6.27. The second-order valence-corrected chi connectivity index (χ2v) is 10.5. The Morgan fingerprint density at radius 1 is 0.889 bits per heavy atom. The maximum atomic E-state index is 6.47. The van der Waals surface area contributed by atoms with Gasteiger partial charge >= 0.3 is 0 Å². The van der Waals surface area contributed by atoms with Crippen molar-refractivity contribution >= 4 is 8.32 Å². The van der Waals surface area contributed by atoms with E-state index in [1.54, 1.807) is 0 Å². The van der Waals surface area contributed by atoms with Crippen LogP contribution >= 0.6 is 0 Å². The Morgan fingerprint density at radius 2 is 1.50 bits per heavy atom. The lowest BCUT2D eigenvalue weighted by atomic mass is 9.95. The minimum atomic E-state index is -1.40. The fourth-order valence-corrected chi connectivity index (χ4v) is 5.09. The average Bonchev–Trinajstić information content (AvgIpc) is 2.36. The summed E-state index contributed by atoms with van der Waals surface area (Å²) in [4.78, 5) is 0. The molecular weight excluding hydrogens is 236 g/mol. The first-order chi connectivity index (χ1) is 8.49. The van der Waals surface area contributed by atoms with E-state index in [2.05, 4.69) is 40.8 Å². The summed E-state index contributed by atoms with van der Waals surface area (Å²) in [6, 6.07) is 1.32. The second kappa shape index (κ2) is 10.0. The van der Waals surface area contributed by atoms with Crippen LogP contribution in [0.3, 0.4) is 0 Å². The highest BCUT2D eigenvalue weighted by molar-refractivity contribution is 6.71. The van der Waals surface area contributed by atoms with Crippen LogP contribution in [0.5, 0.6) is 0 Å². The van der Waals surface area contributed by atoms with Crippen LogP contribution in [0.25, 0.3) is 0 Å². The van der Waals surface area contributed by atoms with Crippen LogP contribution in [0, 0.1) is 5.92 Å². The van der Waals surface area contributed by atoms with Gasteiger partial charge in [0.15, 0.2) is 8.32 Å². The molecule has 0 saturated heterocycles. The fraction of sp³-hybridized carbons (Fsp3) is 1.00. The molecule has 0 amide bonds. The quantitative estimate of drug-likeness (QED) is 0.419. The van der Waals surface area contributed by atoms with Gasteiger partial charge in [0.2, 0.25) is 0 Å². The van der Waals surface area contributed by atoms with Crippen molar-refractivity contribution in [1.29, 1.82) is 0 Å². The van der Waals surface area contributed by atoms with E-state index < -0.39 is 8.32 Å². The Labute approximate surface area is 117 Å². The lowest BCUT2D eigenvalue weighted by Crippen LogP contribution is -2.35. The first kappa shape index (κ1) is 18.2. The minimum Gasteiger partial charge on any atom is -0.414 e. The molecule has 110 valence electrons. The molecule has 0 aromatic heterocycles. The molecule has 0 rings (SSSR count). The van der Waals surface area contributed by atoms with Gasteiger partial charge in [0.05, 0.1) is 0 Å². The van der Waals surface area contributed by atoms with Crippen LogP contribution in [0.4, 0.5) is 0 Å². The molecule has 2 heteroatoms. The molecule has 18 heavy (non-hydrogen) atoms. The zero-order valence-electron chi connectivity index (χ0n) is 13.7. The number of hydrogen-bond acceptors (Lipinski definition) is 1. The van der Waals surface area contributed by atoms with Gasteiger partial charge in [0.25, 0.3) is 0 Å². The van der Waals surface area contributed by atoms with E-state index in [1.807, 2.05) is 0 Å². The van der Waals surface area contributed by atoms with Crippen LogP contribution in [0.1, 0.15) is 72.6 Å². The van der Waals surface area contributed by atoms with E-state index in [4.69, 9.17) is 4.43 Å². The summed E-state index contributed by atoms with van der Waals surface area (Å²) < 4.78 is 6.47. The van der Waals surface area contributed by atoms with Gasteiger partial charge in [-0.05, 0) is 44.3 Å². The average molecular weight is 273 g/mol. The minimum absolute atomic E-state index is 0.518. The summed E-state index contributed by atoms with van der Waals surface area (Å²) in [5, 5.41) is 0. The molecule has 1 unspecified atom stereocenters. The van der Waals surface area contributed by atoms with Crippen molar-refractivity contribution in [3.8, 4) is 0 Å². The maximum Gasteiger partial charge on any atom is 0.187 e. The van der Waals surface area contributed by atoms with Gasteiger partial charge in [0.1, 0.15) is 0 Å². The molecule has 0 saturated carbocycles. The summed E-state index contributed by atoms with van der Waals surface area (Å²) in [6.07, 6.45) is 9.60. The fourth-order valence-electron chi connectivity index (χ4n) is 2.58. The highest BCUT2D eigenvalue weighted by Crippen LogP contribution is 2.23. The third kappa shape index (κ3) is 8.31. The molecule has 0 heterocycles. The zero-order chi connectivity index (χ0) is 14.0. The number of rotatable bonds is 11. The van der Waals surface area contributed by atoms with Crippen molar-refractivity contribution in [3.63, 3.8) is 0 Å². The predicted octanol–water partition coefficient (Wildman–Crippen LogP) is 6.00. The SMILES string of the molecule is CCCC[Si](C)(C)OC(CC)CCC(CC)CC. The Hall–Kier alpha value is 0.177. The zero-order valence-corrected chi connectivity index (χ0v) is 14.7. The smallest absolute Gasteiger partial charge is 0.187 e. The van der Waals surface area contributed by atoms with E-state index >= 15 is 0 Å². The van der Waals surface area contributed by atoms with Crippen LogP contribution in [0.2, 0.25) is 19.1 Å². The standard InChI is InChI=1S/C16H36OSi/c1-7-11-14-18(5,6)17-16(10-4)13-12-15(8-2)9-3/h15-16H,7-14H2,1-6H3. The van der Waals surface area contributed by atoms with Crippen LogP contribution < -0.4 is 0 Å². The van der Waals surface area contributed by atoms with Crippen molar-refractivity contribution < 1.29 is 4.43 Å². The van der Waals surface area contributed by atoms with E-state index in [-0.39, 0.29) is 0 Å². The first-order valence-electron chi connectivity index (χ1n) is 8.16. The van der Waals surface area contributed by atoms with Gasteiger partial charge in [-0.2, -0.15) is 0 Å². The number of hydrogen-bond donors (Lipinski definition) is 0. The molecule has 0 aliphatic rings. The van der Waals surface area contributed by atoms with Crippen molar-refractivity contribution in [1.82, 2.24) is 0 Å². The van der Waals surface area contributed by atoms with Crippen molar-refractivity contribution in [3.05, 3.63) is 0 Å². The van der Waals surface area contributed by atoms with Gasteiger partial charge < -0.3 is 4.43 Å². The maximum absolute atomic E-state index is 6.47. The molecule has 0 bridgehead atoms. The van der Waals surface area contributed by atoms with E-state index in [0.717, 1.165) is 5.92 Å². The monoisotopic (exact) mass is 272 g/mol. The van der Waals surface area contributed by atoms with Gasteiger partial charge in [-0.15, -0.1) is 0 Å². The van der Waals surface area contributed by atoms with Gasteiger partial charge in [-0.1, -0.05) is 53.4 Å². The molecule has 0 fully saturated rings. The molecule has 1 nitrogen and oxygen atoms in total. The first-order valence-corrected chi connectivity index (χ1v) is 11.3. The van der Waals surface area contributed by atoms with Gasteiger partial charge in [0, 0.05) is 6.10 Å². The largest absolute Gasteiger partial charge is 0.414 e. The Kier molecular flexibility index (Phi) is 10.1. The Bertz CT molecular complexity index is 188. The molecular formula is C16H36OSi. The van der Waals surface area contributed by atoms with Gasteiger partial charge in [-0.25, -0.2) is 0 Å². The summed E-state index contributed by atoms with van der Waals surface area (Å²) in [5.41, 5.74) is 0. The van der Waals surface area contributed by atoms with Crippen molar-refractivity contribution in [2.75, 3.05) is 0 Å². The number of unbranched alkanes of at least 4 members (excludes halogenated alkanes) is 1. The van der Waals surface area contributed by atoms with E-state index in [9.17, 15) is 0 Å². The summed E-state index contributed by atoms with van der Waals surface area (Å²) in [7, 11) is -1.40. The van der Waals surface area contributed by atoms with E-state index in [0.29, 0.717) is 6.10 Å². The van der Waals surface area contributed by atoms with E-state index in [1.165, 1.54) is 51.0 Å². The Balaban J connectivity index is 4.08. The van der Waals surface area contributed by atoms with Crippen molar-refractivity contribution in [2.24, 2.45) is 5.92 Å². The molecule has 0 aliphatic heterocycles. The lowest BCUT2D eigenvalue weighted by Gasteiger charge is -2.29. The molecule has 0 radical (unpaired) electrons. The highest BCUT2D eigenvalue weighted by Gasteiger charge is 2.25. The van der Waals surface area contributed by atoms with Crippen LogP contribution in [0.15, 0.2) is 0 Å². The highest BCUT2D eigenvalue weighted by atomic mass is 28.4. The Morgan fingerprint density at radius 3 is 1.94 bits per heavy atom. The summed E-state index contributed by atoms with van der Waals surface area (Å²) >= 11 is 0.